The third kappa shape index (κ3) is 4.53. The van der Waals surface area contributed by atoms with Gasteiger partial charge in [0.2, 0.25) is 0 Å². The molecule has 6 nitrogen and oxygen atoms in total. The minimum absolute atomic E-state index is 0.378. The normalized spacial score (nSPS) is 16.2. The smallest absolute Gasteiger partial charge is 0.320 e. The second kappa shape index (κ2) is 8.21. The fourth-order valence-corrected chi connectivity index (χ4v) is 3.42. The Kier molecular flexibility index (Phi) is 5.75. The molecule has 7 heteroatoms. The number of aromatic hydroxyl groups is 1. The number of carbonyl (C=O) groups excluding carboxylic acids is 1. The number of phenolic OH excluding ortho intramolecular Hbond substituents is 1. The van der Waals surface area contributed by atoms with Gasteiger partial charge in [-0.05, 0) is 43.4 Å². The molecular formula is C19H25FN4O2. The number of phenols is 1. The van der Waals surface area contributed by atoms with Crippen molar-refractivity contribution in [3.8, 4) is 5.75 Å². The van der Waals surface area contributed by atoms with Crippen molar-refractivity contribution in [2.45, 2.75) is 51.6 Å². The molecule has 2 amide bonds. The highest BCUT2D eigenvalue weighted by atomic mass is 19.1. The van der Waals surface area contributed by atoms with Crippen molar-refractivity contribution in [2.75, 3.05) is 5.32 Å². The molecule has 0 bridgehead atoms. The van der Waals surface area contributed by atoms with Crippen LogP contribution in [-0.2, 0) is 6.54 Å². The number of hydrogen-bond donors (Lipinski definition) is 3. The number of hydrogen-bond acceptors (Lipinski definition) is 3. The molecule has 1 aromatic carbocycles. The molecule has 2 aromatic rings. The number of carbonyl (C=O) groups is 1. The highest BCUT2D eigenvalue weighted by Crippen LogP contribution is 2.26. The first-order chi connectivity index (χ1) is 12.5. The van der Waals surface area contributed by atoms with Gasteiger partial charge in [0, 0.05) is 12.6 Å². The lowest BCUT2D eigenvalue weighted by Crippen LogP contribution is -2.32. The van der Waals surface area contributed by atoms with Crippen LogP contribution in [0, 0.1) is 11.7 Å². The quantitative estimate of drug-likeness (QED) is 0.748. The van der Waals surface area contributed by atoms with Crippen LogP contribution in [0.15, 0.2) is 30.5 Å². The van der Waals surface area contributed by atoms with Gasteiger partial charge in [-0.1, -0.05) is 25.3 Å². The fourth-order valence-electron chi connectivity index (χ4n) is 3.42. The van der Waals surface area contributed by atoms with Crippen LogP contribution in [0.2, 0.25) is 0 Å². The number of urea groups is 1. The Balaban J connectivity index is 1.57. The van der Waals surface area contributed by atoms with E-state index < -0.39 is 17.6 Å². The molecule has 1 aliphatic rings. The van der Waals surface area contributed by atoms with Gasteiger partial charge < -0.3 is 10.4 Å². The van der Waals surface area contributed by atoms with Gasteiger partial charge in [-0.15, -0.1) is 0 Å². The molecular weight excluding hydrogens is 335 g/mol. The fraction of sp³-hybridized carbons (Fsp3) is 0.474. The van der Waals surface area contributed by atoms with Crippen molar-refractivity contribution in [1.29, 1.82) is 0 Å². The number of rotatable bonds is 5. The van der Waals surface area contributed by atoms with Crippen LogP contribution in [0.5, 0.6) is 5.75 Å². The van der Waals surface area contributed by atoms with Crippen LogP contribution in [-0.4, -0.2) is 20.9 Å². The molecule has 1 saturated carbocycles. The largest absolute Gasteiger partial charge is 0.505 e. The predicted octanol–water partition coefficient (Wildman–Crippen LogP) is 4.19. The summed E-state index contributed by atoms with van der Waals surface area (Å²) in [5.41, 5.74) is 0.575. The summed E-state index contributed by atoms with van der Waals surface area (Å²) in [6.07, 6.45) is 7.91. The molecule has 0 aliphatic heterocycles. The first-order valence-corrected chi connectivity index (χ1v) is 9.10. The topological polar surface area (TPSA) is 79.2 Å². The molecule has 1 aliphatic carbocycles. The van der Waals surface area contributed by atoms with Crippen LogP contribution in [0.1, 0.15) is 50.6 Å². The monoisotopic (exact) mass is 360 g/mol. The van der Waals surface area contributed by atoms with E-state index in [9.17, 15) is 14.3 Å². The third-order valence-corrected chi connectivity index (χ3v) is 4.93. The summed E-state index contributed by atoms with van der Waals surface area (Å²) < 4.78 is 15.3. The number of amides is 2. The second-order valence-corrected chi connectivity index (χ2v) is 6.93. The van der Waals surface area contributed by atoms with Crippen LogP contribution >= 0.6 is 0 Å². The summed E-state index contributed by atoms with van der Waals surface area (Å²) >= 11 is 0. The van der Waals surface area contributed by atoms with Crippen LogP contribution in [0.4, 0.5) is 15.0 Å². The van der Waals surface area contributed by atoms with Gasteiger partial charge in [-0.2, -0.15) is 5.10 Å². The zero-order valence-electron chi connectivity index (χ0n) is 14.9. The molecule has 3 rings (SSSR count). The SMILES string of the molecule is C[C@H](NC(=O)Nc1ccnn1CC1CCCCC1)c1ccc(O)c(F)c1. The molecule has 0 radical (unpaired) electrons. The average Bonchev–Trinajstić information content (AvgIpc) is 3.04. The summed E-state index contributed by atoms with van der Waals surface area (Å²) in [5.74, 6) is 0.141. The van der Waals surface area contributed by atoms with E-state index in [0.29, 0.717) is 17.3 Å². The molecule has 1 heterocycles. The maximum absolute atomic E-state index is 13.5. The van der Waals surface area contributed by atoms with Crippen LogP contribution in [0.3, 0.4) is 0 Å². The number of aromatic nitrogens is 2. The Labute approximate surface area is 152 Å². The zero-order chi connectivity index (χ0) is 18.5. The minimum atomic E-state index is -0.706. The van der Waals surface area contributed by atoms with E-state index in [1.807, 2.05) is 4.68 Å². The standard InChI is InChI=1S/C19H25FN4O2/c1-13(15-7-8-17(25)16(20)11-15)22-19(26)23-18-9-10-21-24(18)12-14-5-3-2-4-6-14/h7-11,13-14,25H,2-6,12H2,1H3,(H2,22,23,26)/t13-/m0/s1. The molecule has 0 unspecified atom stereocenters. The Bertz CT molecular complexity index is 756. The van der Waals surface area contributed by atoms with Gasteiger partial charge in [0.1, 0.15) is 5.82 Å². The summed E-state index contributed by atoms with van der Waals surface area (Å²) in [4.78, 5) is 12.3. The Morgan fingerprint density at radius 1 is 1.35 bits per heavy atom. The lowest BCUT2D eigenvalue weighted by molar-refractivity contribution is 0.249. The van der Waals surface area contributed by atoms with Crippen molar-refractivity contribution >= 4 is 11.8 Å². The minimum Gasteiger partial charge on any atom is -0.505 e. The molecule has 0 spiro atoms. The lowest BCUT2D eigenvalue weighted by Gasteiger charge is -2.22. The zero-order valence-corrected chi connectivity index (χ0v) is 14.9. The van der Waals surface area contributed by atoms with Gasteiger partial charge in [-0.25, -0.2) is 13.9 Å². The molecule has 1 atom stereocenters. The van der Waals surface area contributed by atoms with E-state index >= 15 is 0 Å². The Morgan fingerprint density at radius 3 is 2.85 bits per heavy atom. The van der Waals surface area contributed by atoms with Crippen LogP contribution < -0.4 is 10.6 Å². The van der Waals surface area contributed by atoms with Gasteiger partial charge in [-0.3, -0.25) is 5.32 Å². The van der Waals surface area contributed by atoms with Crippen molar-refractivity contribution in [1.82, 2.24) is 15.1 Å². The van der Waals surface area contributed by atoms with Gasteiger partial charge >= 0.3 is 6.03 Å². The molecule has 3 N–H and O–H groups in total. The van der Waals surface area contributed by atoms with E-state index in [1.165, 1.54) is 44.2 Å². The summed E-state index contributed by atoms with van der Waals surface area (Å²) in [7, 11) is 0. The third-order valence-electron chi connectivity index (χ3n) is 4.93. The highest BCUT2D eigenvalue weighted by molar-refractivity contribution is 5.88. The summed E-state index contributed by atoms with van der Waals surface area (Å²) in [6, 6.07) is 5.06. The van der Waals surface area contributed by atoms with Crippen molar-refractivity contribution < 1.29 is 14.3 Å². The number of nitrogens with zero attached hydrogens (tertiary/aromatic N) is 2. The molecule has 26 heavy (non-hydrogen) atoms. The van der Waals surface area contributed by atoms with Gasteiger partial charge in [0.25, 0.3) is 0 Å². The maximum atomic E-state index is 13.5. The average molecular weight is 360 g/mol. The first-order valence-electron chi connectivity index (χ1n) is 9.10. The summed E-state index contributed by atoms with van der Waals surface area (Å²) in [6.45, 7) is 2.56. The number of anilines is 1. The first kappa shape index (κ1) is 18.2. The molecule has 140 valence electrons. The highest BCUT2D eigenvalue weighted by Gasteiger charge is 2.17. The van der Waals surface area contributed by atoms with Crippen molar-refractivity contribution in [2.24, 2.45) is 5.92 Å². The van der Waals surface area contributed by atoms with E-state index in [1.54, 1.807) is 25.3 Å². The number of nitrogens with one attached hydrogen (secondary N) is 2. The van der Waals surface area contributed by atoms with E-state index in [0.717, 1.165) is 6.54 Å². The molecule has 1 fully saturated rings. The van der Waals surface area contributed by atoms with E-state index in [-0.39, 0.29) is 6.03 Å². The van der Waals surface area contributed by atoms with Gasteiger partial charge in [0.15, 0.2) is 11.6 Å². The van der Waals surface area contributed by atoms with Crippen molar-refractivity contribution in [3.05, 3.63) is 41.8 Å². The van der Waals surface area contributed by atoms with Crippen molar-refractivity contribution in [3.63, 3.8) is 0 Å². The van der Waals surface area contributed by atoms with Gasteiger partial charge in [0.05, 0.1) is 12.2 Å². The predicted molar refractivity (Wildman–Crippen MR) is 97.4 cm³/mol. The number of halogens is 1. The Hall–Kier alpha value is -2.57. The number of benzene rings is 1. The second-order valence-electron chi connectivity index (χ2n) is 6.93. The lowest BCUT2D eigenvalue weighted by atomic mass is 9.89. The molecule has 0 saturated heterocycles. The van der Waals surface area contributed by atoms with Crippen LogP contribution in [0.25, 0.3) is 0 Å². The maximum Gasteiger partial charge on any atom is 0.320 e. The van der Waals surface area contributed by atoms with E-state index in [2.05, 4.69) is 15.7 Å². The van der Waals surface area contributed by atoms with E-state index in [4.69, 9.17) is 0 Å². The Morgan fingerprint density at radius 2 is 2.12 bits per heavy atom. The summed E-state index contributed by atoms with van der Waals surface area (Å²) in [5, 5.41) is 19.2. The molecule has 1 aromatic heterocycles.